The normalized spacial score (nSPS) is 12.2. The van der Waals surface area contributed by atoms with Gasteiger partial charge in [0.2, 0.25) is 15.9 Å². The highest BCUT2D eigenvalue weighted by atomic mass is 35.5. The van der Waals surface area contributed by atoms with Crippen molar-refractivity contribution >= 4 is 33.2 Å². The second-order valence-corrected chi connectivity index (χ2v) is 8.78. The van der Waals surface area contributed by atoms with E-state index in [1.807, 2.05) is 6.07 Å². The third-order valence-electron chi connectivity index (χ3n) is 4.40. The van der Waals surface area contributed by atoms with Gasteiger partial charge in [-0.05, 0) is 48.4 Å². The number of carbonyl (C=O) groups excluding carboxylic acids is 1. The van der Waals surface area contributed by atoms with Crippen LogP contribution in [0.3, 0.4) is 0 Å². The Balaban J connectivity index is 1.92. The van der Waals surface area contributed by atoms with E-state index in [1.54, 1.807) is 24.3 Å². The maximum atomic E-state index is 13.5. The third-order valence-corrected chi connectivity index (χ3v) is 6.13. The Kier molecular flexibility index (Phi) is 7.27. The maximum absolute atomic E-state index is 13.5. The van der Waals surface area contributed by atoms with Crippen molar-refractivity contribution in [2.24, 2.45) is 0 Å². The van der Waals surface area contributed by atoms with Crippen molar-refractivity contribution in [3.8, 4) is 5.75 Å². The van der Waals surface area contributed by atoms with Crippen LogP contribution in [0.4, 0.5) is 10.1 Å². The van der Waals surface area contributed by atoms with E-state index in [-0.39, 0.29) is 27.8 Å². The molecule has 1 atom stereocenters. The molecule has 9 heteroatoms. The van der Waals surface area contributed by atoms with E-state index in [1.165, 1.54) is 43.5 Å². The Morgan fingerprint density at radius 1 is 1.06 bits per heavy atom. The molecule has 0 radical (unpaired) electrons. The number of ether oxygens (including phenoxy) is 1. The summed E-state index contributed by atoms with van der Waals surface area (Å²) in [6.45, 7) is 0. The third kappa shape index (κ3) is 6.04. The van der Waals surface area contributed by atoms with Crippen LogP contribution in [0.2, 0.25) is 5.02 Å². The first-order valence-electron chi connectivity index (χ1n) is 9.25. The highest BCUT2D eigenvalue weighted by molar-refractivity contribution is 7.89. The standard InChI is InChI=1S/C22H20ClFN2O4S/c1-30-20-11-10-16(23)13-21(20)31(28,29)26-19(12-15-6-3-2-4-7-15)22(27)25-18-9-5-8-17(24)14-18/h2-11,13-14,19,26H,12H2,1H3,(H,25,27). The van der Waals surface area contributed by atoms with E-state index >= 15 is 0 Å². The lowest BCUT2D eigenvalue weighted by Gasteiger charge is -2.20. The lowest BCUT2D eigenvalue weighted by molar-refractivity contribution is -0.117. The second-order valence-electron chi connectivity index (χ2n) is 6.66. The largest absolute Gasteiger partial charge is 0.495 e. The van der Waals surface area contributed by atoms with Crippen LogP contribution in [-0.4, -0.2) is 27.5 Å². The van der Waals surface area contributed by atoms with Crippen LogP contribution in [0.1, 0.15) is 5.56 Å². The Morgan fingerprint density at radius 2 is 1.81 bits per heavy atom. The van der Waals surface area contributed by atoms with Gasteiger partial charge in [0, 0.05) is 10.7 Å². The average Bonchev–Trinajstić information content (AvgIpc) is 2.74. The fourth-order valence-corrected chi connectivity index (χ4v) is 4.57. The molecule has 0 aliphatic carbocycles. The minimum atomic E-state index is -4.18. The highest BCUT2D eigenvalue weighted by Gasteiger charge is 2.28. The van der Waals surface area contributed by atoms with Crippen molar-refractivity contribution in [2.75, 3.05) is 12.4 Å². The van der Waals surface area contributed by atoms with Gasteiger partial charge in [0.15, 0.2) is 0 Å². The van der Waals surface area contributed by atoms with E-state index in [0.717, 1.165) is 11.6 Å². The molecule has 6 nitrogen and oxygen atoms in total. The Bertz CT molecular complexity index is 1170. The van der Waals surface area contributed by atoms with Gasteiger partial charge < -0.3 is 10.1 Å². The Hall–Kier alpha value is -2.94. The Labute approximate surface area is 185 Å². The average molecular weight is 463 g/mol. The zero-order chi connectivity index (χ0) is 22.4. The van der Waals surface area contributed by atoms with E-state index in [4.69, 9.17) is 16.3 Å². The molecule has 1 amide bonds. The fraction of sp³-hybridized carbons (Fsp3) is 0.136. The van der Waals surface area contributed by atoms with Gasteiger partial charge in [-0.3, -0.25) is 4.79 Å². The molecule has 3 rings (SSSR count). The summed E-state index contributed by atoms with van der Waals surface area (Å²) in [5, 5.41) is 2.75. The SMILES string of the molecule is COc1ccc(Cl)cc1S(=O)(=O)NC(Cc1ccccc1)C(=O)Nc1cccc(F)c1. The highest BCUT2D eigenvalue weighted by Crippen LogP contribution is 2.27. The van der Waals surface area contributed by atoms with Crippen molar-refractivity contribution in [2.45, 2.75) is 17.4 Å². The zero-order valence-corrected chi connectivity index (χ0v) is 18.1. The molecule has 0 fully saturated rings. The van der Waals surface area contributed by atoms with Crippen molar-refractivity contribution < 1.29 is 22.3 Å². The number of nitrogens with one attached hydrogen (secondary N) is 2. The summed E-state index contributed by atoms with van der Waals surface area (Å²) < 4.78 is 47.2. The number of anilines is 1. The first-order chi connectivity index (χ1) is 14.8. The zero-order valence-electron chi connectivity index (χ0n) is 16.5. The molecule has 31 heavy (non-hydrogen) atoms. The topological polar surface area (TPSA) is 84.5 Å². The molecular weight excluding hydrogens is 443 g/mol. The minimum absolute atomic E-state index is 0.0735. The lowest BCUT2D eigenvalue weighted by atomic mass is 10.1. The molecule has 1 unspecified atom stereocenters. The minimum Gasteiger partial charge on any atom is -0.495 e. The van der Waals surface area contributed by atoms with Crippen LogP contribution < -0.4 is 14.8 Å². The monoisotopic (exact) mass is 462 g/mol. The van der Waals surface area contributed by atoms with Crippen LogP contribution in [0.25, 0.3) is 0 Å². The van der Waals surface area contributed by atoms with Crippen LogP contribution in [0.5, 0.6) is 5.75 Å². The number of hydrogen-bond acceptors (Lipinski definition) is 4. The van der Waals surface area contributed by atoms with Crippen LogP contribution >= 0.6 is 11.6 Å². The smallest absolute Gasteiger partial charge is 0.245 e. The van der Waals surface area contributed by atoms with E-state index in [9.17, 15) is 17.6 Å². The summed E-state index contributed by atoms with van der Waals surface area (Å²) in [6, 6.07) is 17.3. The first kappa shape index (κ1) is 22.7. The van der Waals surface area contributed by atoms with E-state index in [2.05, 4.69) is 10.0 Å². The number of methoxy groups -OCH3 is 1. The van der Waals surface area contributed by atoms with Gasteiger partial charge in [-0.15, -0.1) is 0 Å². The molecule has 2 N–H and O–H groups in total. The summed E-state index contributed by atoms with van der Waals surface area (Å²) in [6.07, 6.45) is 0.0735. The van der Waals surface area contributed by atoms with E-state index in [0.29, 0.717) is 0 Å². The number of carbonyl (C=O) groups is 1. The summed E-state index contributed by atoms with van der Waals surface area (Å²) in [5.41, 5.74) is 0.949. The molecule has 3 aromatic carbocycles. The van der Waals surface area contributed by atoms with Gasteiger partial charge in [0.05, 0.1) is 7.11 Å². The van der Waals surface area contributed by atoms with Crippen molar-refractivity contribution in [3.05, 3.63) is 89.2 Å². The van der Waals surface area contributed by atoms with Gasteiger partial charge >= 0.3 is 0 Å². The molecule has 0 aliphatic heterocycles. The van der Waals surface area contributed by atoms with Crippen molar-refractivity contribution in [1.82, 2.24) is 4.72 Å². The maximum Gasteiger partial charge on any atom is 0.245 e. The molecule has 3 aromatic rings. The molecule has 0 saturated carbocycles. The predicted molar refractivity (Wildman–Crippen MR) is 117 cm³/mol. The van der Waals surface area contributed by atoms with Gasteiger partial charge in [-0.2, -0.15) is 4.72 Å². The van der Waals surface area contributed by atoms with Gasteiger partial charge in [-0.1, -0.05) is 48.0 Å². The quantitative estimate of drug-likeness (QED) is 0.529. The predicted octanol–water partition coefficient (Wildman–Crippen LogP) is 4.02. The number of benzene rings is 3. The van der Waals surface area contributed by atoms with Gasteiger partial charge in [0.25, 0.3) is 0 Å². The number of hydrogen-bond donors (Lipinski definition) is 2. The second kappa shape index (κ2) is 9.91. The molecule has 162 valence electrons. The Morgan fingerprint density at radius 3 is 2.48 bits per heavy atom. The van der Waals surface area contributed by atoms with Crippen LogP contribution in [-0.2, 0) is 21.2 Å². The van der Waals surface area contributed by atoms with Crippen molar-refractivity contribution in [1.29, 1.82) is 0 Å². The molecule has 0 spiro atoms. The van der Waals surface area contributed by atoms with Gasteiger partial charge in [0.1, 0.15) is 22.5 Å². The van der Waals surface area contributed by atoms with Crippen LogP contribution in [0.15, 0.2) is 77.7 Å². The lowest BCUT2D eigenvalue weighted by Crippen LogP contribution is -2.45. The molecular formula is C22H20ClFN2O4S. The van der Waals surface area contributed by atoms with E-state index < -0.39 is 27.8 Å². The molecule has 0 bridgehead atoms. The van der Waals surface area contributed by atoms with Crippen LogP contribution in [0, 0.1) is 5.82 Å². The summed E-state index contributed by atoms with van der Waals surface area (Å²) >= 11 is 5.97. The number of halogens is 2. The summed E-state index contributed by atoms with van der Waals surface area (Å²) in [4.78, 5) is 12.7. The van der Waals surface area contributed by atoms with Gasteiger partial charge in [-0.25, -0.2) is 12.8 Å². The number of rotatable bonds is 8. The fourth-order valence-electron chi connectivity index (χ4n) is 2.94. The molecule has 0 saturated heterocycles. The summed E-state index contributed by atoms with van der Waals surface area (Å²) in [5.74, 6) is -1.08. The number of amides is 1. The summed E-state index contributed by atoms with van der Waals surface area (Å²) in [7, 11) is -2.85. The first-order valence-corrected chi connectivity index (χ1v) is 11.1. The van der Waals surface area contributed by atoms with Crippen molar-refractivity contribution in [3.63, 3.8) is 0 Å². The molecule has 0 heterocycles. The molecule has 0 aliphatic rings. The number of sulfonamides is 1. The molecule has 0 aromatic heterocycles.